The summed E-state index contributed by atoms with van der Waals surface area (Å²) in [5.41, 5.74) is 5.16. The first kappa shape index (κ1) is 9.82. The lowest BCUT2D eigenvalue weighted by atomic mass is 10.1. The number of hydrogen-bond donors (Lipinski definition) is 1. The minimum Gasteiger partial charge on any atom is -0.398 e. The van der Waals surface area contributed by atoms with Gasteiger partial charge in [-0.2, -0.15) is 13.2 Å². The van der Waals surface area contributed by atoms with Crippen molar-refractivity contribution in [1.82, 2.24) is 5.16 Å². The molecule has 0 spiro atoms. The molecule has 0 bridgehead atoms. The quantitative estimate of drug-likeness (QED) is 0.689. The van der Waals surface area contributed by atoms with Gasteiger partial charge in [-0.3, -0.25) is 0 Å². The molecule has 0 saturated carbocycles. The Labute approximate surface area is 82.6 Å². The van der Waals surface area contributed by atoms with Crippen LogP contribution in [-0.4, -0.2) is 5.16 Å². The molecule has 1 heterocycles. The molecule has 0 aliphatic heterocycles. The van der Waals surface area contributed by atoms with Crippen LogP contribution in [0.15, 0.2) is 16.7 Å². The number of anilines is 1. The monoisotopic (exact) mass is 216 g/mol. The van der Waals surface area contributed by atoms with E-state index in [1.165, 1.54) is 6.07 Å². The Morgan fingerprint density at radius 1 is 1.33 bits per heavy atom. The van der Waals surface area contributed by atoms with Crippen LogP contribution in [0.4, 0.5) is 18.9 Å². The molecule has 0 radical (unpaired) electrons. The number of fused-ring (bicyclic) bond motifs is 1. The lowest BCUT2D eigenvalue weighted by Gasteiger charge is -2.04. The van der Waals surface area contributed by atoms with Gasteiger partial charge in [0.15, 0.2) is 11.3 Å². The summed E-state index contributed by atoms with van der Waals surface area (Å²) in [5.74, 6) is 0. The average molecular weight is 216 g/mol. The second kappa shape index (κ2) is 2.88. The van der Waals surface area contributed by atoms with E-state index < -0.39 is 11.9 Å². The van der Waals surface area contributed by atoms with Gasteiger partial charge in [0.25, 0.3) is 0 Å². The molecular formula is C9H7F3N2O. The summed E-state index contributed by atoms with van der Waals surface area (Å²) in [7, 11) is 0. The summed E-state index contributed by atoms with van der Waals surface area (Å²) < 4.78 is 42.0. The number of aromatic nitrogens is 1. The van der Waals surface area contributed by atoms with Crippen LogP contribution in [0.3, 0.4) is 0 Å². The minimum atomic E-state index is -4.55. The van der Waals surface area contributed by atoms with Gasteiger partial charge in [-0.25, -0.2) is 0 Å². The van der Waals surface area contributed by atoms with E-state index in [0.29, 0.717) is 5.56 Å². The topological polar surface area (TPSA) is 52.0 Å². The molecule has 0 saturated heterocycles. The molecule has 2 aromatic rings. The molecule has 0 aliphatic carbocycles. The first-order chi connectivity index (χ1) is 6.91. The Bertz CT molecular complexity index is 516. The Morgan fingerprint density at radius 3 is 2.60 bits per heavy atom. The highest BCUT2D eigenvalue weighted by Crippen LogP contribution is 2.37. The molecule has 6 heteroatoms. The van der Waals surface area contributed by atoms with Crippen LogP contribution >= 0.6 is 0 Å². The molecule has 15 heavy (non-hydrogen) atoms. The second-order valence-electron chi connectivity index (χ2n) is 3.20. The van der Waals surface area contributed by atoms with Gasteiger partial charge in [-0.1, -0.05) is 11.2 Å². The van der Waals surface area contributed by atoms with Gasteiger partial charge < -0.3 is 10.3 Å². The molecule has 1 aromatic carbocycles. The smallest absolute Gasteiger partial charge is 0.398 e. The van der Waals surface area contributed by atoms with E-state index >= 15 is 0 Å². The summed E-state index contributed by atoms with van der Waals surface area (Å²) in [5, 5.41) is 2.82. The summed E-state index contributed by atoms with van der Waals surface area (Å²) in [6.07, 6.45) is -4.55. The number of nitrogen functional groups attached to an aromatic ring is 1. The number of nitrogens with two attached hydrogens (primary N) is 1. The normalized spacial score (nSPS) is 12.3. The molecular weight excluding hydrogens is 209 g/mol. The van der Waals surface area contributed by atoms with E-state index in [2.05, 4.69) is 9.68 Å². The van der Waals surface area contributed by atoms with Gasteiger partial charge in [0.05, 0.1) is 5.39 Å². The molecule has 80 valence electrons. The van der Waals surface area contributed by atoms with E-state index in [4.69, 9.17) is 5.73 Å². The van der Waals surface area contributed by atoms with E-state index in [9.17, 15) is 13.2 Å². The van der Waals surface area contributed by atoms with Crippen molar-refractivity contribution >= 4 is 16.7 Å². The highest BCUT2D eigenvalue weighted by Gasteiger charge is 2.38. The van der Waals surface area contributed by atoms with Gasteiger partial charge in [-0.15, -0.1) is 0 Å². The van der Waals surface area contributed by atoms with Gasteiger partial charge in [-0.05, 0) is 18.6 Å². The third kappa shape index (κ3) is 1.42. The highest BCUT2D eigenvalue weighted by molar-refractivity contribution is 5.93. The predicted octanol–water partition coefficient (Wildman–Crippen LogP) is 2.74. The number of hydrogen-bond acceptors (Lipinski definition) is 3. The summed E-state index contributed by atoms with van der Waals surface area (Å²) in [6.45, 7) is 1.63. The average Bonchev–Trinajstić information content (AvgIpc) is 2.54. The Kier molecular flexibility index (Phi) is 1.89. The molecule has 0 fully saturated rings. The molecule has 0 aliphatic rings. The molecule has 0 atom stereocenters. The zero-order valence-corrected chi connectivity index (χ0v) is 7.72. The number of benzene rings is 1. The van der Waals surface area contributed by atoms with Gasteiger partial charge in [0, 0.05) is 5.69 Å². The van der Waals surface area contributed by atoms with Crippen molar-refractivity contribution in [1.29, 1.82) is 0 Å². The number of alkyl halides is 3. The van der Waals surface area contributed by atoms with Gasteiger partial charge in [0.1, 0.15) is 0 Å². The molecule has 2 rings (SSSR count). The first-order valence-corrected chi connectivity index (χ1v) is 4.13. The number of halogens is 3. The van der Waals surface area contributed by atoms with Crippen LogP contribution in [0.5, 0.6) is 0 Å². The van der Waals surface area contributed by atoms with E-state index in [0.717, 1.165) is 0 Å². The van der Waals surface area contributed by atoms with Crippen LogP contribution < -0.4 is 5.73 Å². The lowest BCUT2D eigenvalue weighted by Crippen LogP contribution is -2.06. The van der Waals surface area contributed by atoms with Crippen LogP contribution in [0.25, 0.3) is 11.0 Å². The zero-order valence-electron chi connectivity index (χ0n) is 7.72. The largest absolute Gasteiger partial charge is 0.437 e. The molecule has 2 N–H and O–H groups in total. The molecule has 1 aromatic heterocycles. The van der Waals surface area contributed by atoms with Gasteiger partial charge >= 0.3 is 6.18 Å². The molecule has 0 unspecified atom stereocenters. The van der Waals surface area contributed by atoms with E-state index in [1.54, 1.807) is 13.0 Å². The van der Waals surface area contributed by atoms with Crippen molar-refractivity contribution < 1.29 is 17.7 Å². The van der Waals surface area contributed by atoms with Crippen LogP contribution in [0, 0.1) is 6.92 Å². The first-order valence-electron chi connectivity index (χ1n) is 4.13. The zero-order chi connectivity index (χ0) is 11.2. The number of nitrogens with zero attached hydrogens (tertiary/aromatic N) is 1. The summed E-state index contributed by atoms with van der Waals surface area (Å²) in [6, 6.07) is 3.01. The van der Waals surface area contributed by atoms with Crippen molar-refractivity contribution in [2.45, 2.75) is 13.1 Å². The van der Waals surface area contributed by atoms with Crippen LogP contribution in [0.1, 0.15) is 11.3 Å². The maximum absolute atomic E-state index is 12.5. The second-order valence-corrected chi connectivity index (χ2v) is 3.20. The van der Waals surface area contributed by atoms with Crippen molar-refractivity contribution in [3.8, 4) is 0 Å². The Morgan fingerprint density at radius 2 is 2.00 bits per heavy atom. The van der Waals surface area contributed by atoms with Crippen molar-refractivity contribution in [2.75, 3.05) is 5.73 Å². The maximum atomic E-state index is 12.5. The van der Waals surface area contributed by atoms with E-state index in [1.807, 2.05) is 0 Å². The Balaban J connectivity index is 2.84. The number of aryl methyl sites for hydroxylation is 1. The minimum absolute atomic E-state index is 0.0467. The molecule has 0 amide bonds. The fourth-order valence-electron chi connectivity index (χ4n) is 1.36. The standard InChI is InChI=1S/C9H7F3N2O/c1-4-2-3-5-6(7(4)13)8(14-15-5)9(10,11)12/h2-3H,13H2,1H3. The van der Waals surface area contributed by atoms with E-state index in [-0.39, 0.29) is 16.7 Å². The predicted molar refractivity (Wildman–Crippen MR) is 48.2 cm³/mol. The van der Waals surface area contributed by atoms with Crippen molar-refractivity contribution in [2.24, 2.45) is 0 Å². The fraction of sp³-hybridized carbons (Fsp3) is 0.222. The van der Waals surface area contributed by atoms with Crippen LogP contribution in [0.2, 0.25) is 0 Å². The molecule has 3 nitrogen and oxygen atoms in total. The third-order valence-electron chi connectivity index (χ3n) is 2.17. The SMILES string of the molecule is Cc1ccc2onc(C(F)(F)F)c2c1N. The van der Waals surface area contributed by atoms with Gasteiger partial charge in [0.2, 0.25) is 0 Å². The third-order valence-corrected chi connectivity index (χ3v) is 2.17. The van der Waals surface area contributed by atoms with Crippen LogP contribution in [-0.2, 0) is 6.18 Å². The summed E-state index contributed by atoms with van der Waals surface area (Å²) >= 11 is 0. The number of rotatable bonds is 0. The summed E-state index contributed by atoms with van der Waals surface area (Å²) in [4.78, 5) is 0. The Hall–Kier alpha value is -1.72. The fourth-order valence-corrected chi connectivity index (χ4v) is 1.36. The lowest BCUT2D eigenvalue weighted by molar-refractivity contribution is -0.141. The maximum Gasteiger partial charge on any atom is 0.437 e. The van der Waals surface area contributed by atoms with Crippen molar-refractivity contribution in [3.63, 3.8) is 0 Å². The van der Waals surface area contributed by atoms with Crippen molar-refractivity contribution in [3.05, 3.63) is 23.4 Å². The highest BCUT2D eigenvalue weighted by atomic mass is 19.4.